The van der Waals surface area contributed by atoms with Gasteiger partial charge in [0.15, 0.2) is 6.20 Å². The summed E-state index contributed by atoms with van der Waals surface area (Å²) >= 11 is 0. The highest BCUT2D eigenvalue weighted by Gasteiger charge is 2.39. The van der Waals surface area contributed by atoms with Crippen molar-refractivity contribution in [1.29, 1.82) is 0 Å². The van der Waals surface area contributed by atoms with E-state index in [0.717, 1.165) is 33.5 Å². The highest BCUT2D eigenvalue weighted by molar-refractivity contribution is 5.93. The molecule has 0 bridgehead atoms. The molecule has 4 rings (SSSR count). The molecule has 0 atom stereocenters. The molecule has 3 aromatic rings. The number of aromatic nitrogens is 1. The van der Waals surface area contributed by atoms with Crippen molar-refractivity contribution in [2.45, 2.75) is 33.0 Å². The summed E-state index contributed by atoms with van der Waals surface area (Å²) in [5.41, 5.74) is 7.67. The number of benzene rings is 2. The van der Waals surface area contributed by atoms with Crippen LogP contribution in [-0.2, 0) is 12.5 Å². The first kappa shape index (κ1) is 12.0. The predicted molar refractivity (Wildman–Crippen MR) is 100 cm³/mol. The van der Waals surface area contributed by atoms with Crippen molar-refractivity contribution in [2.75, 3.05) is 0 Å². The number of hydrogen-bond acceptors (Lipinski definition) is 0. The number of hydrogen-bond donors (Lipinski definition) is 0. The van der Waals surface area contributed by atoms with Gasteiger partial charge < -0.3 is 0 Å². The third-order valence-corrected chi connectivity index (χ3v) is 5.33. The lowest BCUT2D eigenvalue weighted by Crippen LogP contribution is -2.30. The van der Waals surface area contributed by atoms with Crippen LogP contribution in [0.3, 0.4) is 0 Å². The van der Waals surface area contributed by atoms with Crippen molar-refractivity contribution in [3.05, 3.63) is 77.0 Å². The molecule has 1 aliphatic carbocycles. The van der Waals surface area contributed by atoms with Crippen LogP contribution < -0.4 is 4.57 Å². The highest BCUT2D eigenvalue weighted by Crippen LogP contribution is 2.53. The summed E-state index contributed by atoms with van der Waals surface area (Å²) in [6.07, 6.45) is 2.03. The molecule has 1 aromatic heterocycles. The number of pyridine rings is 1. The summed E-state index contributed by atoms with van der Waals surface area (Å²) in [7, 11) is 2.03. The summed E-state index contributed by atoms with van der Waals surface area (Å²) in [5, 5.41) is 0. The van der Waals surface area contributed by atoms with E-state index in [0.29, 0.717) is 5.56 Å². The second kappa shape index (κ2) is 5.04. The van der Waals surface area contributed by atoms with Gasteiger partial charge in [-0.1, -0.05) is 44.2 Å². The third-order valence-electron chi connectivity index (χ3n) is 5.33. The van der Waals surface area contributed by atoms with Gasteiger partial charge in [-0.05, 0) is 47.7 Å². The Hall–Kier alpha value is -2.41. The quantitative estimate of drug-likeness (QED) is 0.550. The second-order valence-corrected chi connectivity index (χ2v) is 7.23. The Balaban J connectivity index is 2.22. The molecule has 0 fully saturated rings. The maximum absolute atomic E-state index is 8.17. The average molecular weight is 317 g/mol. The van der Waals surface area contributed by atoms with E-state index in [4.69, 9.17) is 4.11 Å². The molecule has 1 aliphatic rings. The van der Waals surface area contributed by atoms with Gasteiger partial charge in [-0.15, -0.1) is 0 Å². The summed E-state index contributed by atoms with van der Waals surface area (Å²) in [4.78, 5) is 0. The van der Waals surface area contributed by atoms with Crippen LogP contribution in [0.2, 0.25) is 0 Å². The normalized spacial score (nSPS) is 16.8. The summed E-state index contributed by atoms with van der Waals surface area (Å²) in [6, 6.07) is 16.3. The predicted octanol–water partition coefficient (Wildman–Crippen LogP) is 5.10. The molecule has 2 aromatic carbocycles. The molecule has 0 unspecified atom stereocenters. The minimum absolute atomic E-state index is 0.356. The highest BCUT2D eigenvalue weighted by atomic mass is 14.9. The zero-order chi connectivity index (χ0) is 19.6. The van der Waals surface area contributed by atoms with Gasteiger partial charge in [0, 0.05) is 27.2 Å². The van der Waals surface area contributed by atoms with Crippen molar-refractivity contribution in [2.24, 2.45) is 7.05 Å². The van der Waals surface area contributed by atoms with Crippen LogP contribution in [0.15, 0.2) is 54.7 Å². The topological polar surface area (TPSA) is 3.88 Å². The van der Waals surface area contributed by atoms with Gasteiger partial charge in [0.05, 0.1) is 5.56 Å². The maximum atomic E-state index is 8.17. The maximum Gasteiger partial charge on any atom is 0.213 e. The van der Waals surface area contributed by atoms with Crippen LogP contribution in [0.4, 0.5) is 0 Å². The zero-order valence-corrected chi connectivity index (χ0v) is 14.6. The van der Waals surface area contributed by atoms with Crippen LogP contribution >= 0.6 is 0 Å². The van der Waals surface area contributed by atoms with Crippen LogP contribution in [0.1, 0.15) is 40.2 Å². The average Bonchev–Trinajstić information content (AvgIpc) is 2.83. The van der Waals surface area contributed by atoms with Crippen molar-refractivity contribution >= 4 is 0 Å². The number of fused-ring (bicyclic) bond motifs is 3. The molecular formula is C23H24N+. The fourth-order valence-corrected chi connectivity index (χ4v) is 4.23. The minimum atomic E-state index is -2.15. The molecule has 1 nitrogen and oxygen atoms in total. The summed E-state index contributed by atoms with van der Waals surface area (Å²) in [5.74, 6) is 0. The largest absolute Gasteiger partial charge is 0.213 e. The van der Waals surface area contributed by atoms with Crippen molar-refractivity contribution in [3.8, 4) is 22.4 Å². The van der Waals surface area contributed by atoms with E-state index in [1.54, 1.807) is 0 Å². The lowest BCUT2D eigenvalue weighted by molar-refractivity contribution is -0.660. The minimum Gasteiger partial charge on any atom is -0.201 e. The Labute approximate surface area is 148 Å². The van der Waals surface area contributed by atoms with E-state index in [1.807, 2.05) is 50.5 Å². The molecule has 0 saturated carbocycles. The molecule has 120 valence electrons. The van der Waals surface area contributed by atoms with Crippen LogP contribution in [-0.4, -0.2) is 0 Å². The number of aryl methyl sites for hydroxylation is 3. The lowest BCUT2D eigenvalue weighted by Gasteiger charge is -2.24. The van der Waals surface area contributed by atoms with Crippen LogP contribution in [0.25, 0.3) is 22.4 Å². The SMILES string of the molecule is [2H]C([2H])([2H])c1cc(C)c(-c2cccc[n+]2C)c2c1C(C)(C)c1ccccc1-2. The number of nitrogens with zero attached hydrogens (tertiary/aromatic N) is 1. The fourth-order valence-electron chi connectivity index (χ4n) is 4.23. The molecule has 0 aliphatic heterocycles. The van der Waals surface area contributed by atoms with E-state index in [-0.39, 0.29) is 5.41 Å². The van der Waals surface area contributed by atoms with Gasteiger partial charge >= 0.3 is 0 Å². The van der Waals surface area contributed by atoms with Gasteiger partial charge in [-0.2, -0.15) is 0 Å². The monoisotopic (exact) mass is 317 g/mol. The molecule has 1 heterocycles. The third kappa shape index (κ3) is 1.91. The Morgan fingerprint density at radius 2 is 1.71 bits per heavy atom. The second-order valence-electron chi connectivity index (χ2n) is 7.23. The fraction of sp³-hybridized carbons (Fsp3) is 0.261. The molecule has 0 spiro atoms. The lowest BCUT2D eigenvalue weighted by atomic mass is 9.79. The smallest absolute Gasteiger partial charge is 0.201 e. The summed E-state index contributed by atoms with van der Waals surface area (Å²) in [6.45, 7) is 4.14. The Morgan fingerprint density at radius 1 is 0.958 bits per heavy atom. The molecule has 0 amide bonds. The molecule has 24 heavy (non-hydrogen) atoms. The standard InChI is InChI=1S/C23H24N/c1-15-14-16(2)22-21(20(15)19-12-8-9-13-24(19)5)17-10-6-7-11-18(17)23(22,3)4/h6-14H,1-5H3/q+1/i2D3. The Morgan fingerprint density at radius 3 is 2.46 bits per heavy atom. The van der Waals surface area contributed by atoms with Gasteiger partial charge in [-0.3, -0.25) is 0 Å². The van der Waals surface area contributed by atoms with E-state index in [2.05, 4.69) is 36.6 Å². The zero-order valence-electron chi connectivity index (χ0n) is 17.6. The van der Waals surface area contributed by atoms with Gasteiger partial charge in [0.25, 0.3) is 0 Å². The van der Waals surface area contributed by atoms with Crippen molar-refractivity contribution in [3.63, 3.8) is 0 Å². The van der Waals surface area contributed by atoms with E-state index in [9.17, 15) is 0 Å². The first-order valence-corrected chi connectivity index (χ1v) is 8.37. The first-order chi connectivity index (χ1) is 12.6. The van der Waals surface area contributed by atoms with E-state index in [1.165, 1.54) is 5.56 Å². The van der Waals surface area contributed by atoms with E-state index >= 15 is 0 Å². The van der Waals surface area contributed by atoms with Crippen molar-refractivity contribution in [1.82, 2.24) is 0 Å². The van der Waals surface area contributed by atoms with Crippen LogP contribution in [0.5, 0.6) is 0 Å². The van der Waals surface area contributed by atoms with E-state index < -0.39 is 6.85 Å². The summed E-state index contributed by atoms with van der Waals surface area (Å²) < 4.78 is 26.6. The van der Waals surface area contributed by atoms with Gasteiger partial charge in [0.1, 0.15) is 7.05 Å². The molecule has 0 saturated heterocycles. The Bertz CT molecular complexity index is 1060. The Kier molecular flexibility index (Phi) is 2.53. The molecule has 0 N–H and O–H groups in total. The first-order valence-electron chi connectivity index (χ1n) is 9.87. The molecule has 0 radical (unpaired) electrons. The van der Waals surface area contributed by atoms with Crippen LogP contribution in [0, 0.1) is 13.8 Å². The number of rotatable bonds is 1. The molecular weight excluding hydrogens is 290 g/mol. The van der Waals surface area contributed by atoms with Crippen molar-refractivity contribution < 1.29 is 8.68 Å². The molecule has 1 heteroatoms. The van der Waals surface area contributed by atoms with Gasteiger partial charge in [0.2, 0.25) is 5.69 Å². The van der Waals surface area contributed by atoms with Gasteiger partial charge in [-0.25, -0.2) is 4.57 Å².